The van der Waals surface area contributed by atoms with E-state index in [1.54, 1.807) is 24.3 Å². The van der Waals surface area contributed by atoms with Crippen LogP contribution in [-0.4, -0.2) is 51.6 Å². The topological polar surface area (TPSA) is 80.2 Å². The van der Waals surface area contributed by atoms with Crippen molar-refractivity contribution in [3.8, 4) is 22.9 Å². The number of fused-ring (bicyclic) bond motifs is 1. The van der Waals surface area contributed by atoms with Gasteiger partial charge in [0.1, 0.15) is 24.2 Å². The van der Waals surface area contributed by atoms with Crippen LogP contribution in [0.3, 0.4) is 0 Å². The van der Waals surface area contributed by atoms with Crippen LogP contribution in [0.2, 0.25) is 0 Å². The van der Waals surface area contributed by atoms with Crippen molar-refractivity contribution in [3.63, 3.8) is 0 Å². The molecule has 1 N–H and O–H groups in total. The molecule has 0 saturated carbocycles. The van der Waals surface area contributed by atoms with Gasteiger partial charge in [0.25, 0.3) is 0 Å². The highest BCUT2D eigenvalue weighted by Crippen LogP contribution is 2.35. The minimum atomic E-state index is -0.720. The molecule has 3 heterocycles. The van der Waals surface area contributed by atoms with E-state index in [2.05, 4.69) is 20.2 Å². The fourth-order valence-electron chi connectivity index (χ4n) is 4.25. The first-order valence-electron chi connectivity index (χ1n) is 12.2. The Morgan fingerprint density at radius 3 is 2.65 bits per heavy atom. The Morgan fingerprint density at radius 2 is 1.92 bits per heavy atom. The normalized spacial score (nSPS) is 14.7. The molecule has 192 valence electrons. The summed E-state index contributed by atoms with van der Waals surface area (Å²) < 4.78 is 33.7. The van der Waals surface area contributed by atoms with Gasteiger partial charge < -0.3 is 15.0 Å². The number of benzene rings is 2. The molecule has 0 spiro atoms. The zero-order valence-corrected chi connectivity index (χ0v) is 21.2. The highest BCUT2D eigenvalue weighted by Gasteiger charge is 2.19. The molecule has 4 aromatic rings. The summed E-state index contributed by atoms with van der Waals surface area (Å²) in [4.78, 5) is 27.6. The van der Waals surface area contributed by atoms with Crippen LogP contribution in [0.25, 0.3) is 21.5 Å². The molecule has 0 atom stereocenters. The van der Waals surface area contributed by atoms with Gasteiger partial charge in [0.05, 0.1) is 10.4 Å². The number of carbonyl (C=O) groups excluding carboxylic acids is 1. The third-order valence-corrected chi connectivity index (χ3v) is 7.14. The molecule has 10 heteroatoms. The van der Waals surface area contributed by atoms with Crippen molar-refractivity contribution in [3.05, 3.63) is 59.9 Å². The van der Waals surface area contributed by atoms with Crippen LogP contribution >= 0.6 is 11.3 Å². The van der Waals surface area contributed by atoms with Crippen molar-refractivity contribution in [2.24, 2.45) is 0 Å². The quantitative estimate of drug-likeness (QED) is 0.307. The molecule has 7 nitrogen and oxygen atoms in total. The maximum atomic E-state index is 13.5. The fourth-order valence-corrected chi connectivity index (χ4v) is 5.18. The van der Waals surface area contributed by atoms with Gasteiger partial charge >= 0.3 is 0 Å². The van der Waals surface area contributed by atoms with E-state index in [9.17, 15) is 13.6 Å². The van der Waals surface area contributed by atoms with Crippen LogP contribution in [0, 0.1) is 0 Å². The molecule has 0 aliphatic carbocycles. The fraction of sp³-hybridized carbons (Fsp3) is 0.333. The summed E-state index contributed by atoms with van der Waals surface area (Å²) in [6.45, 7) is 3.07. The van der Waals surface area contributed by atoms with Crippen LogP contribution in [0.5, 0.6) is 11.6 Å². The Bertz CT molecular complexity index is 1390. The number of alkyl halides is 2. The molecule has 1 saturated heterocycles. The second kappa shape index (κ2) is 11.3. The Morgan fingerprint density at radius 1 is 1.14 bits per heavy atom. The van der Waals surface area contributed by atoms with Crippen molar-refractivity contribution in [1.29, 1.82) is 0 Å². The Kier molecular flexibility index (Phi) is 7.66. The molecule has 37 heavy (non-hydrogen) atoms. The van der Waals surface area contributed by atoms with Crippen LogP contribution < -0.4 is 10.1 Å². The molecule has 2 aromatic heterocycles. The van der Waals surface area contributed by atoms with Crippen molar-refractivity contribution in [2.45, 2.75) is 39.0 Å². The molecule has 1 amide bonds. The number of likely N-dealkylation sites (tertiary alicyclic amines) is 1. The summed E-state index contributed by atoms with van der Waals surface area (Å²) in [5, 5.41) is 3.21. The number of aromatic nitrogens is 3. The third kappa shape index (κ3) is 6.26. The number of rotatable bonds is 8. The van der Waals surface area contributed by atoms with Gasteiger partial charge in [-0.15, -0.1) is 0 Å². The molecular formula is C27H27F2N5O2S. The van der Waals surface area contributed by atoms with Crippen LogP contribution in [0.1, 0.15) is 31.2 Å². The van der Waals surface area contributed by atoms with Crippen molar-refractivity contribution < 1.29 is 18.3 Å². The summed E-state index contributed by atoms with van der Waals surface area (Å²) in [5.41, 5.74) is 2.70. The van der Waals surface area contributed by atoms with Crippen LogP contribution in [-0.2, 0) is 17.9 Å². The molecule has 1 aliphatic heterocycles. The van der Waals surface area contributed by atoms with Gasteiger partial charge in [0, 0.05) is 44.6 Å². The maximum absolute atomic E-state index is 13.5. The first-order chi connectivity index (χ1) is 18.0. The number of halogens is 2. The summed E-state index contributed by atoms with van der Waals surface area (Å²) in [5.74, 6) is 1.28. The summed E-state index contributed by atoms with van der Waals surface area (Å²) >= 11 is 1.36. The van der Waals surface area contributed by atoms with Gasteiger partial charge in [-0.05, 0) is 30.5 Å². The largest absolute Gasteiger partial charge is 0.437 e. The van der Waals surface area contributed by atoms with E-state index in [1.807, 2.05) is 24.3 Å². The Labute approximate surface area is 217 Å². The number of nitrogens with one attached hydrogen (secondary N) is 1. The van der Waals surface area contributed by atoms with Crippen molar-refractivity contribution in [1.82, 2.24) is 19.9 Å². The van der Waals surface area contributed by atoms with E-state index in [-0.39, 0.29) is 5.91 Å². The number of hydrogen-bond acceptors (Lipinski definition) is 7. The maximum Gasteiger partial charge on any atom is 0.223 e. The number of piperidine rings is 1. The Hall–Kier alpha value is -3.50. The molecule has 1 fully saturated rings. The van der Waals surface area contributed by atoms with E-state index >= 15 is 0 Å². The number of ether oxygens (including phenoxy) is 1. The van der Waals surface area contributed by atoms with Gasteiger partial charge in [-0.3, -0.25) is 4.79 Å². The lowest BCUT2D eigenvalue weighted by Crippen LogP contribution is -2.35. The lowest BCUT2D eigenvalue weighted by atomic mass is 10.1. The number of amides is 1. The third-order valence-electron chi connectivity index (χ3n) is 6.20. The molecule has 5 rings (SSSR count). The predicted molar refractivity (Wildman–Crippen MR) is 141 cm³/mol. The second-order valence-corrected chi connectivity index (χ2v) is 10.0. The first kappa shape index (κ1) is 25.2. The average Bonchev–Trinajstić information content (AvgIpc) is 3.31. The van der Waals surface area contributed by atoms with Gasteiger partial charge in [-0.25, -0.2) is 18.7 Å². The molecule has 2 aromatic carbocycles. The van der Waals surface area contributed by atoms with Crippen molar-refractivity contribution in [2.75, 3.05) is 25.0 Å². The highest BCUT2D eigenvalue weighted by molar-refractivity contribution is 7.22. The molecule has 0 bridgehead atoms. The zero-order valence-electron chi connectivity index (χ0n) is 20.4. The monoisotopic (exact) mass is 523 g/mol. The number of para-hydroxylation sites is 1. The predicted octanol–water partition coefficient (Wildman–Crippen LogP) is 5.95. The zero-order chi connectivity index (χ0) is 25.8. The SMILES string of the molecule is CC(=O)Nc1nc2c(Oc3cc(-c4ccc(CF)cc4)nc(CCN4CCC(F)CC4)n3)cccc2s1. The van der Waals surface area contributed by atoms with E-state index in [1.165, 1.54) is 18.3 Å². The minimum absolute atomic E-state index is 0.193. The summed E-state index contributed by atoms with van der Waals surface area (Å²) in [7, 11) is 0. The van der Waals surface area contributed by atoms with Gasteiger partial charge in [0.2, 0.25) is 11.8 Å². The van der Waals surface area contributed by atoms with Gasteiger partial charge in [-0.1, -0.05) is 41.7 Å². The highest BCUT2D eigenvalue weighted by atomic mass is 32.1. The lowest BCUT2D eigenvalue weighted by Gasteiger charge is -2.28. The summed E-state index contributed by atoms with van der Waals surface area (Å²) in [6.07, 6.45) is 0.961. The molecule has 0 radical (unpaired) electrons. The van der Waals surface area contributed by atoms with Gasteiger partial charge in [0.15, 0.2) is 10.9 Å². The lowest BCUT2D eigenvalue weighted by molar-refractivity contribution is -0.114. The van der Waals surface area contributed by atoms with E-state index < -0.39 is 12.8 Å². The second-order valence-electron chi connectivity index (χ2n) is 9.01. The number of anilines is 1. The number of thiazole rings is 1. The minimum Gasteiger partial charge on any atom is -0.437 e. The van der Waals surface area contributed by atoms with Crippen molar-refractivity contribution >= 4 is 32.6 Å². The number of carbonyl (C=O) groups is 1. The van der Waals surface area contributed by atoms with Gasteiger partial charge in [-0.2, -0.15) is 4.98 Å². The standard InChI is InChI=1S/C27H27F2N5O2S/c1-17(35)30-27-33-26-22(3-2-4-23(26)37-27)36-25-15-21(19-7-5-18(16-28)6-8-19)31-24(32-25)11-14-34-12-9-20(29)10-13-34/h2-8,15,20H,9-14,16H2,1H3,(H,30,33,35). The van der Waals surface area contributed by atoms with Crippen LogP contribution in [0.15, 0.2) is 48.5 Å². The van der Waals surface area contributed by atoms with E-state index in [4.69, 9.17) is 9.72 Å². The first-order valence-corrected chi connectivity index (χ1v) is 13.0. The van der Waals surface area contributed by atoms with E-state index in [0.717, 1.165) is 29.9 Å². The smallest absolute Gasteiger partial charge is 0.223 e. The Balaban J connectivity index is 1.44. The molecular weight excluding hydrogens is 496 g/mol. The number of nitrogens with zero attached hydrogens (tertiary/aromatic N) is 4. The molecule has 1 aliphatic rings. The van der Waals surface area contributed by atoms with E-state index in [0.29, 0.717) is 58.6 Å². The molecule has 0 unspecified atom stereocenters. The number of hydrogen-bond donors (Lipinski definition) is 1. The average molecular weight is 524 g/mol. The summed E-state index contributed by atoms with van der Waals surface area (Å²) in [6, 6.07) is 14.5. The van der Waals surface area contributed by atoms with Crippen LogP contribution in [0.4, 0.5) is 13.9 Å².